The van der Waals surface area contributed by atoms with Gasteiger partial charge in [0, 0.05) is 43.5 Å². The first kappa shape index (κ1) is 18.4. The Morgan fingerprint density at radius 1 is 0.929 bits per heavy atom. The lowest BCUT2D eigenvalue weighted by molar-refractivity contribution is -0.146. The molecule has 1 saturated heterocycles. The molecule has 3 aromatic heterocycles. The maximum atomic E-state index is 13.2. The molecule has 1 fully saturated rings. The number of aryl methyl sites for hydroxylation is 2. The van der Waals surface area contributed by atoms with Crippen LogP contribution in [0.3, 0.4) is 0 Å². The fourth-order valence-corrected chi connectivity index (χ4v) is 3.36. The Bertz CT molecular complexity index is 1020. The predicted molar refractivity (Wildman–Crippen MR) is 96.5 cm³/mol. The Kier molecular flexibility index (Phi) is 4.31. The summed E-state index contributed by atoms with van der Waals surface area (Å²) < 4.78 is 40.5. The van der Waals surface area contributed by atoms with E-state index in [1.807, 2.05) is 24.8 Å². The fourth-order valence-electron chi connectivity index (χ4n) is 3.36. The zero-order valence-corrected chi connectivity index (χ0v) is 15.7. The number of rotatable bonds is 2. The molecule has 1 aliphatic rings. The molecule has 0 bridgehead atoms. The molecule has 0 aliphatic carbocycles. The summed E-state index contributed by atoms with van der Waals surface area (Å²) in [5.74, 6) is 0.961. The normalized spacial score (nSPS) is 15.5. The number of hydrogen-bond donors (Lipinski definition) is 0. The van der Waals surface area contributed by atoms with Crippen LogP contribution in [0.15, 0.2) is 12.3 Å². The van der Waals surface area contributed by atoms with Gasteiger partial charge >= 0.3 is 6.18 Å². The molecule has 11 heteroatoms. The lowest BCUT2D eigenvalue weighted by atomic mass is 10.1. The second-order valence-electron chi connectivity index (χ2n) is 6.77. The van der Waals surface area contributed by atoms with Crippen molar-refractivity contribution in [3.8, 4) is 0 Å². The highest BCUT2D eigenvalue weighted by molar-refractivity contribution is 5.60. The summed E-state index contributed by atoms with van der Waals surface area (Å²) in [5, 5.41) is 11.2. The zero-order valence-electron chi connectivity index (χ0n) is 15.7. The highest BCUT2D eigenvalue weighted by Crippen LogP contribution is 2.31. The summed E-state index contributed by atoms with van der Waals surface area (Å²) >= 11 is 0. The van der Waals surface area contributed by atoms with Gasteiger partial charge in [-0.3, -0.25) is 0 Å². The second-order valence-corrected chi connectivity index (χ2v) is 6.77. The number of anilines is 2. The van der Waals surface area contributed by atoms with Gasteiger partial charge < -0.3 is 9.80 Å². The number of alkyl halides is 3. The third-order valence-corrected chi connectivity index (χ3v) is 4.99. The largest absolute Gasteiger partial charge is 0.453 e. The maximum absolute atomic E-state index is 13.2. The highest BCUT2D eigenvalue weighted by Gasteiger charge is 2.38. The molecule has 4 heterocycles. The molecule has 0 N–H and O–H groups in total. The van der Waals surface area contributed by atoms with Gasteiger partial charge in [-0.15, -0.1) is 15.3 Å². The van der Waals surface area contributed by atoms with Crippen molar-refractivity contribution in [3.63, 3.8) is 0 Å². The van der Waals surface area contributed by atoms with Gasteiger partial charge in [0.2, 0.25) is 0 Å². The molecule has 3 aromatic rings. The molecular weight excluding hydrogens is 373 g/mol. The van der Waals surface area contributed by atoms with E-state index in [-0.39, 0.29) is 5.65 Å². The van der Waals surface area contributed by atoms with Gasteiger partial charge in [-0.05, 0) is 26.8 Å². The van der Waals surface area contributed by atoms with Crippen LogP contribution in [-0.2, 0) is 6.18 Å². The molecule has 28 heavy (non-hydrogen) atoms. The van der Waals surface area contributed by atoms with Crippen molar-refractivity contribution in [2.75, 3.05) is 36.0 Å². The summed E-state index contributed by atoms with van der Waals surface area (Å²) in [7, 11) is 0. The number of halogens is 3. The van der Waals surface area contributed by atoms with Gasteiger partial charge in [0.05, 0.1) is 0 Å². The van der Waals surface area contributed by atoms with Crippen molar-refractivity contribution < 1.29 is 13.2 Å². The van der Waals surface area contributed by atoms with E-state index in [9.17, 15) is 13.2 Å². The SMILES string of the molecule is Cc1nccc(N2CCN(c3nn4c(C(F)(F)F)nnc4c(C)c3C)CC2)n1. The highest BCUT2D eigenvalue weighted by atomic mass is 19.4. The molecule has 0 radical (unpaired) electrons. The fraction of sp³-hybridized carbons (Fsp3) is 0.471. The van der Waals surface area contributed by atoms with Gasteiger partial charge in [0.15, 0.2) is 11.5 Å². The van der Waals surface area contributed by atoms with E-state index in [0.29, 0.717) is 43.4 Å². The van der Waals surface area contributed by atoms with Crippen molar-refractivity contribution in [3.05, 3.63) is 35.0 Å². The number of nitrogens with zero attached hydrogens (tertiary/aromatic N) is 8. The molecule has 0 spiro atoms. The van der Waals surface area contributed by atoms with Gasteiger partial charge in [-0.25, -0.2) is 9.97 Å². The van der Waals surface area contributed by atoms with E-state index in [1.54, 1.807) is 13.1 Å². The first-order valence-corrected chi connectivity index (χ1v) is 8.85. The summed E-state index contributed by atoms with van der Waals surface area (Å²) in [6.45, 7) is 8.02. The topological polar surface area (TPSA) is 75.3 Å². The summed E-state index contributed by atoms with van der Waals surface area (Å²) in [4.78, 5) is 12.7. The van der Waals surface area contributed by atoms with Gasteiger partial charge in [-0.1, -0.05) is 0 Å². The third-order valence-electron chi connectivity index (χ3n) is 4.99. The number of piperazine rings is 1. The lowest BCUT2D eigenvalue weighted by Crippen LogP contribution is -2.47. The molecule has 0 aromatic carbocycles. The van der Waals surface area contributed by atoms with Crippen LogP contribution in [0.1, 0.15) is 22.8 Å². The maximum Gasteiger partial charge on any atom is 0.453 e. The van der Waals surface area contributed by atoms with E-state index in [1.165, 1.54) is 0 Å². The van der Waals surface area contributed by atoms with Crippen molar-refractivity contribution in [2.24, 2.45) is 0 Å². The molecule has 148 valence electrons. The van der Waals surface area contributed by atoms with E-state index < -0.39 is 12.0 Å². The molecule has 4 rings (SSSR count). The van der Waals surface area contributed by atoms with Crippen LogP contribution >= 0.6 is 0 Å². The van der Waals surface area contributed by atoms with E-state index in [2.05, 4.69) is 30.2 Å². The van der Waals surface area contributed by atoms with E-state index in [4.69, 9.17) is 0 Å². The van der Waals surface area contributed by atoms with Gasteiger partial charge in [0.25, 0.3) is 5.82 Å². The summed E-state index contributed by atoms with van der Waals surface area (Å²) in [5.41, 5.74) is 1.57. The van der Waals surface area contributed by atoms with Gasteiger partial charge in [0.1, 0.15) is 11.6 Å². The zero-order chi connectivity index (χ0) is 20.1. The second kappa shape index (κ2) is 6.57. The van der Waals surface area contributed by atoms with Crippen LogP contribution in [-0.4, -0.2) is 56.0 Å². The monoisotopic (exact) mass is 392 g/mol. The number of aromatic nitrogens is 6. The van der Waals surface area contributed by atoms with Crippen molar-refractivity contribution in [1.82, 2.24) is 29.8 Å². The lowest BCUT2D eigenvalue weighted by Gasteiger charge is -2.36. The minimum absolute atomic E-state index is 0.128. The smallest absolute Gasteiger partial charge is 0.353 e. The molecule has 8 nitrogen and oxygen atoms in total. The van der Waals surface area contributed by atoms with Crippen molar-refractivity contribution >= 4 is 17.3 Å². The minimum Gasteiger partial charge on any atom is -0.353 e. The Morgan fingerprint density at radius 2 is 1.61 bits per heavy atom. The predicted octanol–water partition coefficient (Wildman–Crippen LogP) is 2.18. The Morgan fingerprint density at radius 3 is 2.25 bits per heavy atom. The van der Waals surface area contributed by atoms with Crippen LogP contribution in [0, 0.1) is 20.8 Å². The molecule has 0 unspecified atom stereocenters. The van der Waals surface area contributed by atoms with Gasteiger partial charge in [-0.2, -0.15) is 17.7 Å². The molecule has 1 aliphatic heterocycles. The minimum atomic E-state index is -4.62. The van der Waals surface area contributed by atoms with E-state index >= 15 is 0 Å². The first-order chi connectivity index (χ1) is 13.3. The van der Waals surface area contributed by atoms with Crippen LogP contribution < -0.4 is 9.80 Å². The van der Waals surface area contributed by atoms with E-state index in [0.717, 1.165) is 15.9 Å². The van der Waals surface area contributed by atoms with Crippen LogP contribution in [0.4, 0.5) is 24.8 Å². The molecule has 0 atom stereocenters. The van der Waals surface area contributed by atoms with Crippen LogP contribution in [0.5, 0.6) is 0 Å². The van der Waals surface area contributed by atoms with Crippen molar-refractivity contribution in [1.29, 1.82) is 0 Å². The third kappa shape index (κ3) is 3.10. The molecule has 0 amide bonds. The summed E-state index contributed by atoms with van der Waals surface area (Å²) in [6.07, 6.45) is -2.90. The first-order valence-electron chi connectivity index (χ1n) is 8.85. The van der Waals surface area contributed by atoms with Crippen LogP contribution in [0.25, 0.3) is 5.65 Å². The molecular formula is C17H19F3N8. The quantitative estimate of drug-likeness (QED) is 0.662. The number of hydrogen-bond acceptors (Lipinski definition) is 7. The standard InChI is InChI=1S/C17H19F3N8/c1-10-11(2)15(25-28-14(10)23-24-16(28)17(18,19)20)27-8-6-26(7-9-27)13-4-5-21-12(3)22-13/h4-5H,6-9H2,1-3H3. The Balaban J connectivity index is 1.64. The van der Waals surface area contributed by atoms with Crippen molar-refractivity contribution in [2.45, 2.75) is 26.9 Å². The summed E-state index contributed by atoms with van der Waals surface area (Å²) in [6, 6.07) is 1.86. The average Bonchev–Trinajstić information content (AvgIpc) is 3.09. The Hall–Kier alpha value is -2.98. The average molecular weight is 392 g/mol. The van der Waals surface area contributed by atoms with Crippen LogP contribution in [0.2, 0.25) is 0 Å². The Labute approximate surface area is 159 Å². The molecule has 0 saturated carbocycles. The number of fused-ring (bicyclic) bond motifs is 1.